The number of urea groups is 1. The first-order valence-electron chi connectivity index (χ1n) is 11.4. The molecule has 0 fully saturated rings. The Balaban J connectivity index is 2.06. The Morgan fingerprint density at radius 1 is 1.08 bits per heavy atom. The maximum absolute atomic E-state index is 14.0. The van der Waals surface area contributed by atoms with E-state index in [9.17, 15) is 31.9 Å². The van der Waals surface area contributed by atoms with Gasteiger partial charge in [0, 0.05) is 43.9 Å². The molecule has 200 valence electrons. The van der Waals surface area contributed by atoms with Crippen LogP contribution in [0.5, 0.6) is 0 Å². The molecule has 0 saturated carbocycles. The number of anilines is 1. The first-order chi connectivity index (χ1) is 16.8. The summed E-state index contributed by atoms with van der Waals surface area (Å²) in [6.07, 6.45) is -4.89. The Morgan fingerprint density at radius 2 is 1.72 bits per heavy atom. The molecule has 0 aromatic heterocycles. The molecule has 0 heterocycles. The number of amides is 2. The van der Waals surface area contributed by atoms with Crippen molar-refractivity contribution in [3.05, 3.63) is 65.2 Å². The molecule has 2 aromatic rings. The van der Waals surface area contributed by atoms with Gasteiger partial charge in [0.15, 0.2) is 0 Å². The zero-order chi connectivity index (χ0) is 27.0. The normalized spacial score (nSPS) is 14.4. The molecule has 11 heteroatoms. The van der Waals surface area contributed by atoms with Crippen LogP contribution in [0.15, 0.2) is 42.5 Å². The lowest BCUT2D eigenvalue weighted by atomic mass is 10.0. The second-order valence-electron chi connectivity index (χ2n) is 8.87. The number of benzene rings is 2. The average molecular weight is 518 g/mol. The summed E-state index contributed by atoms with van der Waals surface area (Å²) >= 11 is 0. The lowest BCUT2D eigenvalue weighted by Crippen LogP contribution is -2.48. The van der Waals surface area contributed by atoms with E-state index in [-0.39, 0.29) is 36.9 Å². The quantitative estimate of drug-likeness (QED) is 0.413. The molecule has 36 heavy (non-hydrogen) atoms. The molecule has 0 saturated heterocycles. The van der Waals surface area contributed by atoms with Crippen LogP contribution in [0.3, 0.4) is 0 Å². The van der Waals surface area contributed by atoms with Gasteiger partial charge >= 0.3 is 12.2 Å². The molecule has 0 aliphatic carbocycles. The van der Waals surface area contributed by atoms with Gasteiger partial charge in [-0.2, -0.15) is 13.2 Å². The van der Waals surface area contributed by atoms with E-state index in [1.165, 1.54) is 12.0 Å². The van der Waals surface area contributed by atoms with Crippen LogP contribution in [0, 0.1) is 17.6 Å². The molecule has 2 rings (SSSR count). The van der Waals surface area contributed by atoms with E-state index in [0.717, 1.165) is 42.5 Å². The second-order valence-corrected chi connectivity index (χ2v) is 8.87. The Bertz CT molecular complexity index is 988. The topological polar surface area (TPSA) is 65.0 Å². The highest BCUT2D eigenvalue weighted by atomic mass is 19.4. The van der Waals surface area contributed by atoms with Crippen LogP contribution in [-0.4, -0.2) is 66.9 Å². The van der Waals surface area contributed by atoms with E-state index < -0.39 is 41.6 Å². The van der Waals surface area contributed by atoms with Crippen LogP contribution in [0.25, 0.3) is 0 Å². The number of hydrogen-bond donors (Lipinski definition) is 2. The zero-order valence-electron chi connectivity index (χ0n) is 20.6. The third-order valence-electron chi connectivity index (χ3n) is 5.88. The summed E-state index contributed by atoms with van der Waals surface area (Å²) < 4.78 is 71.5. The number of carbonyl (C=O) groups excluding carboxylic acids is 1. The van der Waals surface area contributed by atoms with Crippen molar-refractivity contribution in [2.24, 2.45) is 5.92 Å². The number of nitrogens with one attached hydrogen (secondary N) is 1. The van der Waals surface area contributed by atoms with Crippen molar-refractivity contribution >= 4 is 11.7 Å². The fourth-order valence-electron chi connectivity index (χ4n) is 3.74. The number of halogens is 5. The number of aliphatic hydroxyl groups is 1. The molecule has 0 spiro atoms. The molecular formula is C25H32F5N3O3. The highest BCUT2D eigenvalue weighted by molar-refractivity contribution is 5.89. The SMILES string of the molecule is CO[C@H](CN(C)Cc1cc(F)ccc1F)[C@H](C)CN(C(=O)Nc1ccc(C(F)(F)F)cc1)[C@H](C)CO. The lowest BCUT2D eigenvalue weighted by molar-refractivity contribution is -0.137. The van der Waals surface area contributed by atoms with Crippen molar-refractivity contribution in [1.82, 2.24) is 9.80 Å². The first kappa shape index (κ1) is 29.5. The molecule has 0 aliphatic rings. The number of aliphatic hydroxyl groups excluding tert-OH is 1. The minimum Gasteiger partial charge on any atom is -0.394 e. The monoisotopic (exact) mass is 517 g/mol. The van der Waals surface area contributed by atoms with E-state index in [2.05, 4.69) is 5.32 Å². The van der Waals surface area contributed by atoms with Gasteiger partial charge in [0.05, 0.1) is 24.3 Å². The number of carbonyl (C=O) groups is 1. The van der Waals surface area contributed by atoms with Crippen LogP contribution in [0.4, 0.5) is 32.4 Å². The Morgan fingerprint density at radius 3 is 2.28 bits per heavy atom. The minimum absolute atomic E-state index is 0.140. The molecule has 0 radical (unpaired) electrons. The van der Waals surface area contributed by atoms with Gasteiger partial charge in [0.2, 0.25) is 0 Å². The van der Waals surface area contributed by atoms with E-state index in [1.54, 1.807) is 18.9 Å². The van der Waals surface area contributed by atoms with Crippen LogP contribution in [0.1, 0.15) is 25.0 Å². The molecule has 0 bridgehead atoms. The standard InChI is InChI=1S/C25H32F5N3O3/c1-16(23(36-4)14-32(3)13-18-11-20(26)7-10-22(18)27)12-33(17(2)15-34)24(35)31-21-8-5-19(6-9-21)25(28,29)30/h5-11,16-17,23,34H,12-15H2,1-4H3,(H,31,35)/t16-,17-,23-/m1/s1. The average Bonchev–Trinajstić information content (AvgIpc) is 2.82. The van der Waals surface area contributed by atoms with E-state index >= 15 is 0 Å². The van der Waals surface area contributed by atoms with Crippen molar-refractivity contribution in [3.8, 4) is 0 Å². The maximum Gasteiger partial charge on any atom is 0.416 e. The molecule has 0 aliphatic heterocycles. The molecule has 2 N–H and O–H groups in total. The number of nitrogens with zero attached hydrogens (tertiary/aromatic N) is 2. The summed E-state index contributed by atoms with van der Waals surface area (Å²) in [5.74, 6) is -1.31. The molecule has 3 atom stereocenters. The van der Waals surface area contributed by atoms with E-state index in [1.807, 2.05) is 6.92 Å². The number of ether oxygens (including phenoxy) is 1. The number of rotatable bonds is 11. The molecule has 2 amide bonds. The Labute approximate surface area is 207 Å². The minimum atomic E-state index is -4.49. The second kappa shape index (κ2) is 13.0. The number of alkyl halides is 3. The Hall–Kier alpha value is -2.76. The summed E-state index contributed by atoms with van der Waals surface area (Å²) in [5, 5.41) is 12.2. The Kier molecular flexibility index (Phi) is 10.6. The molecule has 6 nitrogen and oxygen atoms in total. The summed E-state index contributed by atoms with van der Waals surface area (Å²) in [4.78, 5) is 16.1. The fourth-order valence-corrected chi connectivity index (χ4v) is 3.74. The van der Waals surface area contributed by atoms with E-state index in [4.69, 9.17) is 4.74 Å². The van der Waals surface area contributed by atoms with Gasteiger partial charge in [-0.3, -0.25) is 4.90 Å². The fraction of sp³-hybridized carbons (Fsp3) is 0.480. The number of likely N-dealkylation sites (N-methyl/N-ethyl adjacent to an activating group) is 1. The summed E-state index contributed by atoms with van der Waals surface area (Å²) in [6.45, 7) is 3.79. The maximum atomic E-state index is 14.0. The summed E-state index contributed by atoms with van der Waals surface area (Å²) in [5.41, 5.74) is -0.456. The van der Waals surface area contributed by atoms with Crippen LogP contribution in [-0.2, 0) is 17.5 Å². The highest BCUT2D eigenvalue weighted by Crippen LogP contribution is 2.30. The predicted molar refractivity (Wildman–Crippen MR) is 126 cm³/mol. The van der Waals surface area contributed by atoms with Gasteiger partial charge in [0.25, 0.3) is 0 Å². The van der Waals surface area contributed by atoms with Gasteiger partial charge in [-0.1, -0.05) is 6.92 Å². The number of methoxy groups -OCH3 is 1. The van der Waals surface area contributed by atoms with Crippen molar-refractivity contribution in [2.75, 3.05) is 39.2 Å². The predicted octanol–water partition coefficient (Wildman–Crippen LogP) is 4.98. The highest BCUT2D eigenvalue weighted by Gasteiger charge is 2.30. The van der Waals surface area contributed by atoms with Crippen LogP contribution < -0.4 is 5.32 Å². The van der Waals surface area contributed by atoms with Gasteiger partial charge in [-0.25, -0.2) is 13.6 Å². The van der Waals surface area contributed by atoms with Gasteiger partial charge in [-0.15, -0.1) is 0 Å². The van der Waals surface area contributed by atoms with Gasteiger partial charge in [0.1, 0.15) is 11.6 Å². The van der Waals surface area contributed by atoms with Crippen LogP contribution >= 0.6 is 0 Å². The van der Waals surface area contributed by atoms with Crippen molar-refractivity contribution in [2.45, 2.75) is 38.7 Å². The molecular weight excluding hydrogens is 485 g/mol. The summed E-state index contributed by atoms with van der Waals surface area (Å²) in [7, 11) is 3.23. The third kappa shape index (κ3) is 8.42. The lowest BCUT2D eigenvalue weighted by Gasteiger charge is -2.34. The largest absolute Gasteiger partial charge is 0.416 e. The van der Waals surface area contributed by atoms with Crippen molar-refractivity contribution < 1.29 is 36.6 Å². The van der Waals surface area contributed by atoms with Crippen molar-refractivity contribution in [1.29, 1.82) is 0 Å². The van der Waals surface area contributed by atoms with Crippen LogP contribution in [0.2, 0.25) is 0 Å². The molecule has 0 unspecified atom stereocenters. The molecule has 2 aromatic carbocycles. The zero-order valence-corrected chi connectivity index (χ0v) is 20.6. The number of hydrogen-bond acceptors (Lipinski definition) is 4. The third-order valence-corrected chi connectivity index (χ3v) is 5.88. The summed E-state index contributed by atoms with van der Waals surface area (Å²) in [6, 6.07) is 6.13. The van der Waals surface area contributed by atoms with Gasteiger partial charge < -0.3 is 20.1 Å². The van der Waals surface area contributed by atoms with Gasteiger partial charge in [-0.05, 0) is 56.4 Å². The smallest absolute Gasteiger partial charge is 0.394 e. The van der Waals surface area contributed by atoms with E-state index in [0.29, 0.717) is 6.54 Å². The first-order valence-corrected chi connectivity index (χ1v) is 11.4. The van der Waals surface area contributed by atoms with Crippen molar-refractivity contribution in [3.63, 3.8) is 0 Å².